The Bertz CT molecular complexity index is 637. The molecule has 0 amide bonds. The molecule has 1 saturated heterocycles. The Kier molecular flexibility index (Phi) is 3.78. The van der Waals surface area contributed by atoms with Crippen LogP contribution in [0.5, 0.6) is 0 Å². The Morgan fingerprint density at radius 3 is 2.00 bits per heavy atom. The zero-order valence-electron chi connectivity index (χ0n) is 14.1. The molecule has 1 fully saturated rings. The molecule has 22 heavy (non-hydrogen) atoms. The maximum atomic E-state index is 6.99. The first-order chi connectivity index (χ1) is 10.4. The standard InChI is InChI=1S/C20H26OSi/c1-19(2)15-16-22(4,18-13-9-6-10-14-18)21-20(19,3)17-11-7-5-8-12-17/h5-14H,15-16H2,1-4H3. The van der Waals surface area contributed by atoms with Crippen LogP contribution < -0.4 is 5.19 Å². The minimum Gasteiger partial charge on any atom is -0.403 e. The Balaban J connectivity index is 2.05. The van der Waals surface area contributed by atoms with Gasteiger partial charge in [0, 0.05) is 0 Å². The highest BCUT2D eigenvalue weighted by Gasteiger charge is 2.53. The number of rotatable bonds is 2. The van der Waals surface area contributed by atoms with Gasteiger partial charge in [0.2, 0.25) is 8.32 Å². The molecule has 2 unspecified atom stereocenters. The normalized spacial score (nSPS) is 30.9. The second-order valence-corrected chi connectivity index (χ2v) is 11.2. The molecular weight excluding hydrogens is 284 g/mol. The van der Waals surface area contributed by atoms with Gasteiger partial charge in [-0.25, -0.2) is 0 Å². The summed E-state index contributed by atoms with van der Waals surface area (Å²) in [4.78, 5) is 0. The lowest BCUT2D eigenvalue weighted by atomic mass is 9.70. The van der Waals surface area contributed by atoms with E-state index < -0.39 is 8.32 Å². The summed E-state index contributed by atoms with van der Waals surface area (Å²) >= 11 is 0. The topological polar surface area (TPSA) is 9.23 Å². The van der Waals surface area contributed by atoms with E-state index in [1.54, 1.807) is 0 Å². The molecule has 0 aromatic heterocycles. The van der Waals surface area contributed by atoms with Gasteiger partial charge in [-0.2, -0.15) is 0 Å². The molecule has 2 heteroatoms. The van der Waals surface area contributed by atoms with Crippen molar-refractivity contribution in [3.05, 3.63) is 66.2 Å². The molecule has 2 atom stereocenters. The van der Waals surface area contributed by atoms with Gasteiger partial charge in [0.05, 0.1) is 5.60 Å². The fourth-order valence-electron chi connectivity index (χ4n) is 3.63. The van der Waals surface area contributed by atoms with Crippen molar-refractivity contribution in [3.63, 3.8) is 0 Å². The van der Waals surface area contributed by atoms with E-state index in [9.17, 15) is 0 Å². The third-order valence-electron chi connectivity index (χ3n) is 5.66. The van der Waals surface area contributed by atoms with Crippen molar-refractivity contribution in [2.24, 2.45) is 5.41 Å². The maximum absolute atomic E-state index is 6.99. The highest BCUT2D eigenvalue weighted by molar-refractivity contribution is 6.85. The van der Waals surface area contributed by atoms with Crippen molar-refractivity contribution in [2.75, 3.05) is 0 Å². The van der Waals surface area contributed by atoms with Crippen LogP contribution in [0.25, 0.3) is 0 Å². The molecule has 1 nitrogen and oxygen atoms in total. The van der Waals surface area contributed by atoms with Gasteiger partial charge < -0.3 is 4.43 Å². The van der Waals surface area contributed by atoms with Crippen molar-refractivity contribution >= 4 is 13.5 Å². The van der Waals surface area contributed by atoms with Crippen molar-refractivity contribution in [3.8, 4) is 0 Å². The molecule has 0 bridgehead atoms. The number of benzene rings is 2. The van der Waals surface area contributed by atoms with E-state index in [0.29, 0.717) is 0 Å². The molecule has 0 saturated carbocycles. The number of hydrogen-bond acceptors (Lipinski definition) is 1. The van der Waals surface area contributed by atoms with E-state index in [2.05, 4.69) is 88.0 Å². The first kappa shape index (κ1) is 15.5. The van der Waals surface area contributed by atoms with Gasteiger partial charge in [0.25, 0.3) is 0 Å². The summed E-state index contributed by atoms with van der Waals surface area (Å²) in [5.74, 6) is 0. The van der Waals surface area contributed by atoms with E-state index in [4.69, 9.17) is 4.43 Å². The third-order valence-corrected chi connectivity index (χ3v) is 9.27. The smallest absolute Gasteiger partial charge is 0.222 e. The summed E-state index contributed by atoms with van der Waals surface area (Å²) in [6, 6.07) is 22.8. The zero-order chi connectivity index (χ0) is 15.8. The van der Waals surface area contributed by atoms with Crippen LogP contribution in [0.15, 0.2) is 60.7 Å². The molecule has 0 radical (unpaired) electrons. The summed E-state index contributed by atoms with van der Waals surface area (Å²) in [6.07, 6.45) is 1.20. The van der Waals surface area contributed by atoms with E-state index in [-0.39, 0.29) is 11.0 Å². The fraction of sp³-hybridized carbons (Fsp3) is 0.400. The Labute approximate surface area is 135 Å². The van der Waals surface area contributed by atoms with Gasteiger partial charge >= 0.3 is 0 Å². The quantitative estimate of drug-likeness (QED) is 0.722. The Morgan fingerprint density at radius 1 is 0.864 bits per heavy atom. The molecule has 3 rings (SSSR count). The van der Waals surface area contributed by atoms with Crippen LogP contribution in [0, 0.1) is 5.41 Å². The predicted octanol–water partition coefficient (Wildman–Crippen LogP) is 4.83. The predicted molar refractivity (Wildman–Crippen MR) is 95.8 cm³/mol. The van der Waals surface area contributed by atoms with Gasteiger partial charge in [-0.3, -0.25) is 0 Å². The maximum Gasteiger partial charge on any atom is 0.222 e. The molecule has 0 N–H and O–H groups in total. The van der Waals surface area contributed by atoms with E-state index in [1.165, 1.54) is 23.2 Å². The molecule has 116 valence electrons. The van der Waals surface area contributed by atoms with Crippen molar-refractivity contribution in [1.82, 2.24) is 0 Å². The lowest BCUT2D eigenvalue weighted by molar-refractivity contribution is -0.0590. The van der Waals surface area contributed by atoms with E-state index in [0.717, 1.165) is 0 Å². The summed E-state index contributed by atoms with van der Waals surface area (Å²) in [5.41, 5.74) is 1.20. The molecule has 1 aliphatic heterocycles. The van der Waals surface area contributed by atoms with Crippen LogP contribution in [0.1, 0.15) is 32.8 Å². The summed E-state index contributed by atoms with van der Waals surface area (Å²) in [7, 11) is -1.92. The van der Waals surface area contributed by atoms with E-state index >= 15 is 0 Å². The largest absolute Gasteiger partial charge is 0.403 e. The second-order valence-electron chi connectivity index (χ2n) is 7.48. The average molecular weight is 311 g/mol. The van der Waals surface area contributed by atoms with Gasteiger partial charge in [-0.05, 0) is 42.1 Å². The summed E-state index contributed by atoms with van der Waals surface area (Å²) in [5, 5.41) is 1.41. The van der Waals surface area contributed by atoms with Crippen LogP contribution in [-0.2, 0) is 10.0 Å². The van der Waals surface area contributed by atoms with Crippen LogP contribution >= 0.6 is 0 Å². The Hall–Kier alpha value is -1.38. The van der Waals surface area contributed by atoms with Crippen LogP contribution in [0.2, 0.25) is 12.6 Å². The van der Waals surface area contributed by atoms with Crippen molar-refractivity contribution < 1.29 is 4.43 Å². The summed E-state index contributed by atoms with van der Waals surface area (Å²) < 4.78 is 6.99. The van der Waals surface area contributed by atoms with Gasteiger partial charge in [0.1, 0.15) is 0 Å². The summed E-state index contributed by atoms with van der Waals surface area (Å²) in [6.45, 7) is 9.35. The van der Waals surface area contributed by atoms with Gasteiger partial charge in [0.15, 0.2) is 0 Å². The van der Waals surface area contributed by atoms with Gasteiger partial charge in [-0.1, -0.05) is 74.5 Å². The van der Waals surface area contributed by atoms with Crippen molar-refractivity contribution in [1.29, 1.82) is 0 Å². The molecular formula is C20H26OSi. The van der Waals surface area contributed by atoms with Crippen LogP contribution in [0.3, 0.4) is 0 Å². The molecule has 0 aliphatic carbocycles. The third kappa shape index (κ3) is 2.44. The highest BCUT2D eigenvalue weighted by atomic mass is 28.4. The molecule has 1 aliphatic rings. The first-order valence-electron chi connectivity index (χ1n) is 8.19. The molecule has 0 spiro atoms. The zero-order valence-corrected chi connectivity index (χ0v) is 15.1. The first-order valence-corrected chi connectivity index (χ1v) is 10.8. The van der Waals surface area contributed by atoms with Crippen molar-refractivity contribution in [2.45, 2.75) is 45.4 Å². The molecule has 1 heterocycles. The van der Waals surface area contributed by atoms with Crippen LogP contribution in [0.4, 0.5) is 0 Å². The fourth-order valence-corrected chi connectivity index (χ4v) is 7.43. The second kappa shape index (κ2) is 5.36. The molecule has 2 aromatic rings. The molecule has 2 aromatic carbocycles. The lowest BCUT2D eigenvalue weighted by Gasteiger charge is -2.54. The van der Waals surface area contributed by atoms with Crippen LogP contribution in [-0.4, -0.2) is 8.32 Å². The van der Waals surface area contributed by atoms with Gasteiger partial charge in [-0.15, -0.1) is 0 Å². The lowest BCUT2D eigenvalue weighted by Crippen LogP contribution is -2.61. The number of hydrogen-bond donors (Lipinski definition) is 0. The Morgan fingerprint density at radius 2 is 1.41 bits per heavy atom. The minimum absolute atomic E-state index is 0.135. The average Bonchev–Trinajstić information content (AvgIpc) is 2.54. The minimum atomic E-state index is -1.92. The van der Waals surface area contributed by atoms with E-state index in [1.807, 2.05) is 0 Å². The SMILES string of the molecule is CC1(C)CC[Si](C)(c2ccccc2)OC1(C)c1ccccc1. The monoisotopic (exact) mass is 310 g/mol. The highest BCUT2D eigenvalue weighted by Crippen LogP contribution is 2.52.